The lowest BCUT2D eigenvalue weighted by molar-refractivity contribution is -0.144. The number of hydrogen-bond acceptors (Lipinski definition) is 28. The SMILES string of the molecule is O=CCCCOCCOCCOCCOCCNC(=O)C(CCCCNC(=O)C(=O)C(O)(P(=O)(O)O)P(=O)(O)O)NC(=O)C(CCCCNC(=O)C(=O)C(O)(P(=O)(O)O)P(=O)(O)O)NC(=O)C(CCCCNC(=O)C(=O)C(O)(P(=O)(O)O)P(=O)(O)O)NC(=O)C(=O)C(O)(P(=O)(O)O)P(=O)(O)O. The fourth-order valence-electron chi connectivity index (χ4n) is 7.59. The highest BCUT2D eigenvalue weighted by Gasteiger charge is 2.70. The molecule has 27 N–H and O–H groups in total. The van der Waals surface area contributed by atoms with Crippen molar-refractivity contribution in [2.24, 2.45) is 0 Å². The fraction of sp³-hybridized carbons (Fsp3) is 0.714. The third-order valence-corrected chi connectivity index (χ3v) is 27.4. The van der Waals surface area contributed by atoms with Gasteiger partial charge in [-0.15, -0.1) is 0 Å². The molecule has 584 valence electrons. The Kier molecular flexibility index (Phi) is 39.0. The van der Waals surface area contributed by atoms with E-state index in [4.69, 9.17) is 18.9 Å². The predicted molar refractivity (Wildman–Crippen MR) is 324 cm³/mol. The van der Waals surface area contributed by atoms with Crippen molar-refractivity contribution in [2.75, 3.05) is 79.0 Å². The normalized spacial score (nSPS) is 14.1. The number of ether oxygens (including phenoxy) is 4. The third kappa shape index (κ3) is 27.7. The Hall–Kier alpha value is -4.48. The van der Waals surface area contributed by atoms with Crippen LogP contribution in [0.15, 0.2) is 0 Å². The van der Waals surface area contributed by atoms with Crippen LogP contribution in [0, 0.1) is 0 Å². The molecule has 0 aliphatic rings. The maximum absolute atomic E-state index is 14.4. The molecule has 0 aromatic carbocycles. The minimum Gasteiger partial charge on any atom is -0.379 e. The minimum absolute atomic E-state index is 0.0452. The first kappa shape index (κ1) is 96.5. The van der Waals surface area contributed by atoms with E-state index in [-0.39, 0.29) is 46.2 Å². The largest absolute Gasteiger partial charge is 0.379 e. The van der Waals surface area contributed by atoms with E-state index in [1.54, 1.807) is 16.0 Å². The van der Waals surface area contributed by atoms with E-state index >= 15 is 0 Å². The van der Waals surface area contributed by atoms with Crippen LogP contribution in [0.5, 0.6) is 0 Å². The number of aldehydes is 1. The first-order chi connectivity index (χ1) is 45.9. The Morgan fingerprint density at radius 3 is 0.802 bits per heavy atom. The number of amides is 7. The van der Waals surface area contributed by atoms with Crippen molar-refractivity contribution in [3.05, 3.63) is 0 Å². The number of carbonyl (C=O) groups is 12. The second-order valence-corrected chi connectivity index (χ2v) is 36.0. The van der Waals surface area contributed by atoms with Crippen LogP contribution in [0.1, 0.15) is 70.6 Å². The highest BCUT2D eigenvalue weighted by molar-refractivity contribution is 7.75. The van der Waals surface area contributed by atoms with Crippen molar-refractivity contribution in [3.63, 3.8) is 0 Å². The lowest BCUT2D eigenvalue weighted by atomic mass is 10.0. The smallest absolute Gasteiger partial charge is 0.378 e. The van der Waals surface area contributed by atoms with E-state index < -0.39 is 248 Å². The second kappa shape index (κ2) is 40.9. The monoisotopic (exact) mass is 1630 g/mol. The Morgan fingerprint density at radius 1 is 0.297 bits per heavy atom. The van der Waals surface area contributed by atoms with Crippen molar-refractivity contribution in [3.8, 4) is 0 Å². The average molecular weight is 1630 g/mol. The van der Waals surface area contributed by atoms with Crippen LogP contribution >= 0.6 is 60.8 Å². The number of unbranched alkanes of at least 4 members (excludes halogenated alkanes) is 4. The van der Waals surface area contributed by atoms with E-state index in [9.17, 15) is 193 Å². The van der Waals surface area contributed by atoms with E-state index in [1.807, 2.05) is 5.32 Å². The average Bonchev–Trinajstić information content (AvgIpc) is 0.776. The van der Waals surface area contributed by atoms with Crippen molar-refractivity contribution < 1.29 is 212 Å². The lowest BCUT2D eigenvalue weighted by Crippen LogP contribution is -2.58. The minimum atomic E-state index is -6.87. The van der Waals surface area contributed by atoms with Gasteiger partial charge in [-0.05, 0) is 64.2 Å². The molecule has 59 heteroatoms. The van der Waals surface area contributed by atoms with Gasteiger partial charge in [-0.25, -0.2) is 0 Å². The van der Waals surface area contributed by atoms with Gasteiger partial charge in [0.1, 0.15) is 24.4 Å². The molecule has 0 aromatic rings. The van der Waals surface area contributed by atoms with Crippen LogP contribution in [0.2, 0.25) is 0 Å². The molecule has 0 saturated carbocycles. The molecule has 3 unspecified atom stereocenters. The highest BCUT2D eigenvalue weighted by Crippen LogP contribution is 2.70. The maximum atomic E-state index is 14.4. The molecule has 0 fully saturated rings. The standard InChI is InChI=1S/C42H77N7O44P8/c50-16-7-8-17-90-19-21-92-23-24-93-22-20-91-18-15-46-32(55)25(9-1-4-12-43-35(58)28(51)39(62,94(66,67)68)95(69,70)71)47-33(56)26(10-2-5-13-44-36(59)29(52)40(63,96(72,73)74)97(75,76)77)48-34(57)27(49-38(61)31(54)42(65,100(84,85)86)101(87,88)89)11-3-6-14-45-37(60)30(53)41(64,98(78,79)80)99(81,82)83/h16,25-27,62-65H,1-15,17-24H2,(H,43,58)(H,44,59)(H,45,60)(H,46,55)(H,47,56)(H,48,57)(H,49,61)(H2,66,67,68)(H2,69,70,71)(H2,72,73,74)(H2,75,76,77)(H2,78,79,80)(H2,81,82,83)(H2,84,85,86)(H2,87,88,89). The molecule has 0 saturated heterocycles. The molecule has 0 aliphatic heterocycles. The zero-order valence-corrected chi connectivity index (χ0v) is 59.0. The molecule has 101 heavy (non-hydrogen) atoms. The van der Waals surface area contributed by atoms with Crippen molar-refractivity contribution >= 4 is 132 Å². The molecule has 7 amide bonds. The van der Waals surface area contributed by atoms with Crippen LogP contribution in [0.4, 0.5) is 0 Å². The Morgan fingerprint density at radius 2 is 0.535 bits per heavy atom. The summed E-state index contributed by atoms with van der Waals surface area (Å²) in [5.74, 6) is -25.3. The highest BCUT2D eigenvalue weighted by atomic mass is 31.3. The number of Topliss-reactive ketones (excluding diaryl/α,β-unsaturated/α-hetero) is 4. The molecule has 0 heterocycles. The molecular weight excluding hydrogens is 1550 g/mol. The quantitative estimate of drug-likeness (QED) is 0.0116. The molecule has 3 atom stereocenters. The summed E-state index contributed by atoms with van der Waals surface area (Å²) in [5, 5.41) is 33.2. The van der Waals surface area contributed by atoms with Crippen LogP contribution in [0.3, 0.4) is 0 Å². The van der Waals surface area contributed by atoms with Gasteiger partial charge in [0.2, 0.25) is 17.7 Å². The van der Waals surface area contributed by atoms with Crippen LogP contribution in [-0.4, -0.2) is 287 Å². The number of ketones is 4. The van der Waals surface area contributed by atoms with Crippen LogP contribution in [-0.2, 0) is 113 Å². The molecule has 51 nitrogen and oxygen atoms in total. The summed E-state index contributed by atoms with van der Waals surface area (Å²) >= 11 is 0. The first-order valence-electron chi connectivity index (χ1n) is 28.2. The fourth-order valence-corrected chi connectivity index (χ4v) is 15.9. The summed E-state index contributed by atoms with van der Waals surface area (Å²) < 4.78 is 116. The third-order valence-electron chi connectivity index (χ3n) is 13.1. The van der Waals surface area contributed by atoms with Gasteiger partial charge in [0.05, 0.1) is 46.2 Å². The number of carbonyl (C=O) groups excluding carboxylic acids is 12. The van der Waals surface area contributed by atoms with Crippen molar-refractivity contribution in [1.82, 2.24) is 37.2 Å². The summed E-state index contributed by atoms with van der Waals surface area (Å²) in [5.41, 5.74) is 0. The number of rotatable bonds is 53. The van der Waals surface area contributed by atoms with Gasteiger partial charge in [-0.1, -0.05) is 0 Å². The molecule has 0 aliphatic carbocycles. The molecule has 0 radical (unpaired) electrons. The van der Waals surface area contributed by atoms with E-state index in [0.29, 0.717) is 19.4 Å². The molecule has 0 aromatic heterocycles. The van der Waals surface area contributed by atoms with Gasteiger partial charge >= 0.3 is 81.1 Å². The molecule has 0 spiro atoms. The summed E-state index contributed by atoms with van der Waals surface area (Å²) in [7, 11) is -53.3. The van der Waals surface area contributed by atoms with Crippen LogP contribution in [0.25, 0.3) is 0 Å². The summed E-state index contributed by atoms with van der Waals surface area (Å²) in [6.45, 7) is -2.70. The topological polar surface area (TPSA) is 867 Å². The Bertz CT molecular complexity index is 3270. The maximum Gasteiger partial charge on any atom is 0.378 e. The summed E-state index contributed by atoms with van der Waals surface area (Å²) in [6, 6.07) is -6.70. The second-order valence-electron chi connectivity index (χ2n) is 20.7. The Labute approximate surface area is 567 Å². The van der Waals surface area contributed by atoms with Gasteiger partial charge < -0.3 is 160 Å². The van der Waals surface area contributed by atoms with Crippen molar-refractivity contribution in [1.29, 1.82) is 0 Å². The number of aliphatic hydroxyl groups is 4. The number of nitrogens with one attached hydrogen (secondary N) is 7. The zero-order chi connectivity index (χ0) is 78.8. The van der Waals surface area contributed by atoms with Gasteiger partial charge in [-0.2, -0.15) is 0 Å². The van der Waals surface area contributed by atoms with Gasteiger partial charge in [0.15, 0.2) is 0 Å². The summed E-state index contributed by atoms with van der Waals surface area (Å²) in [4.78, 5) is 305. The first-order valence-corrected chi connectivity index (χ1v) is 41.1. The zero-order valence-electron chi connectivity index (χ0n) is 51.9. The molecule has 0 bridgehead atoms. The van der Waals surface area contributed by atoms with Gasteiger partial charge in [-0.3, -0.25) is 89.3 Å². The molecule has 0 rings (SSSR count). The van der Waals surface area contributed by atoms with Gasteiger partial charge in [0, 0.05) is 39.2 Å². The van der Waals surface area contributed by atoms with E-state index in [0.717, 1.165) is 6.29 Å². The summed E-state index contributed by atoms with van der Waals surface area (Å²) in [6.07, 6.45) is -4.65. The predicted octanol–water partition coefficient (Wildman–Crippen LogP) is -10.3. The Balaban J connectivity index is 7.46. The van der Waals surface area contributed by atoms with E-state index in [1.165, 1.54) is 5.32 Å². The van der Waals surface area contributed by atoms with Crippen molar-refractivity contribution in [2.45, 2.75) is 109 Å². The lowest BCUT2D eigenvalue weighted by Gasteiger charge is -2.28. The van der Waals surface area contributed by atoms with Crippen LogP contribution < -0.4 is 37.2 Å². The number of hydrogen-bond donors (Lipinski definition) is 27. The van der Waals surface area contributed by atoms with Gasteiger partial charge in [0.25, 0.3) is 46.8 Å². The molecular formula is C42H77N7O44P8. The van der Waals surface area contributed by atoms with E-state index in [2.05, 4.69) is 10.6 Å².